The lowest BCUT2D eigenvalue weighted by Gasteiger charge is -2.35. The van der Waals surface area contributed by atoms with E-state index in [1.54, 1.807) is 0 Å². The quantitative estimate of drug-likeness (QED) is 0.806. The Morgan fingerprint density at radius 2 is 1.89 bits per heavy atom. The third-order valence-electron chi connectivity index (χ3n) is 5.26. The van der Waals surface area contributed by atoms with Gasteiger partial charge in [0, 0.05) is 25.0 Å². The minimum absolute atomic E-state index is 0.0207. The number of amides is 1. The van der Waals surface area contributed by atoms with Crippen LogP contribution in [0.2, 0.25) is 0 Å². The molecule has 2 rings (SSSR count). The predicted octanol–water partition coefficient (Wildman–Crippen LogP) is 1.24. The molecular weight excluding hydrogens is 228 g/mol. The second-order valence-electron chi connectivity index (χ2n) is 6.93. The summed E-state index contributed by atoms with van der Waals surface area (Å²) in [5, 5.41) is 0. The lowest BCUT2D eigenvalue weighted by atomic mass is 10.0. The fourth-order valence-electron chi connectivity index (χ4n) is 3.19. The van der Waals surface area contributed by atoms with E-state index in [2.05, 4.69) is 27.7 Å². The van der Waals surface area contributed by atoms with Crippen LogP contribution in [0.3, 0.4) is 0 Å². The minimum atomic E-state index is -0.0270. The molecule has 2 N–H and O–H groups in total. The average Bonchev–Trinajstić information content (AvgIpc) is 2.69. The maximum atomic E-state index is 12.6. The molecule has 0 aromatic carbocycles. The Morgan fingerprint density at radius 1 is 1.33 bits per heavy atom. The Balaban J connectivity index is 2.03. The highest BCUT2D eigenvalue weighted by Crippen LogP contribution is 2.68. The van der Waals surface area contributed by atoms with Gasteiger partial charge in [0.25, 0.3) is 0 Å². The largest absolute Gasteiger partial charge is 0.373 e. The monoisotopic (exact) mass is 254 g/mol. The van der Waals surface area contributed by atoms with Gasteiger partial charge in [-0.3, -0.25) is 4.79 Å². The Hall–Kier alpha value is -0.610. The van der Waals surface area contributed by atoms with Crippen molar-refractivity contribution in [2.75, 3.05) is 19.7 Å². The van der Waals surface area contributed by atoms with Crippen LogP contribution in [0, 0.1) is 16.7 Å². The van der Waals surface area contributed by atoms with E-state index in [9.17, 15) is 4.79 Å². The number of morpholine rings is 1. The molecule has 2 fully saturated rings. The van der Waals surface area contributed by atoms with Gasteiger partial charge in [-0.2, -0.15) is 0 Å². The van der Waals surface area contributed by atoms with Gasteiger partial charge in [0.2, 0.25) is 5.91 Å². The second-order valence-corrected chi connectivity index (χ2v) is 6.93. The molecule has 2 atom stereocenters. The Kier molecular flexibility index (Phi) is 3.23. The van der Waals surface area contributed by atoms with Gasteiger partial charge in [-0.25, -0.2) is 0 Å². The molecule has 2 aliphatic rings. The molecule has 0 radical (unpaired) electrons. The predicted molar refractivity (Wildman–Crippen MR) is 71.0 cm³/mol. The van der Waals surface area contributed by atoms with E-state index in [1.165, 1.54) is 0 Å². The van der Waals surface area contributed by atoms with Gasteiger partial charge in [0.1, 0.15) is 0 Å². The Morgan fingerprint density at radius 3 is 2.33 bits per heavy atom. The van der Waals surface area contributed by atoms with Gasteiger partial charge in [0.05, 0.1) is 12.7 Å². The summed E-state index contributed by atoms with van der Waals surface area (Å²) in [4.78, 5) is 14.5. The molecule has 4 nitrogen and oxygen atoms in total. The van der Waals surface area contributed by atoms with E-state index in [4.69, 9.17) is 10.5 Å². The summed E-state index contributed by atoms with van der Waals surface area (Å²) in [5.41, 5.74) is 6.07. The van der Waals surface area contributed by atoms with Crippen LogP contribution < -0.4 is 5.73 Å². The molecule has 104 valence electrons. The third kappa shape index (κ3) is 1.95. The molecule has 1 saturated carbocycles. The normalized spacial score (nSPS) is 32.1. The van der Waals surface area contributed by atoms with Crippen LogP contribution in [-0.4, -0.2) is 42.6 Å². The lowest BCUT2D eigenvalue weighted by Crippen LogP contribution is -2.52. The van der Waals surface area contributed by atoms with Gasteiger partial charge in [0.15, 0.2) is 0 Å². The molecule has 2 unspecified atom stereocenters. The van der Waals surface area contributed by atoms with E-state index >= 15 is 0 Å². The first-order valence-electron chi connectivity index (χ1n) is 6.85. The van der Waals surface area contributed by atoms with Crippen LogP contribution in [-0.2, 0) is 9.53 Å². The van der Waals surface area contributed by atoms with E-state index < -0.39 is 0 Å². The fraction of sp³-hybridized carbons (Fsp3) is 0.929. The number of carbonyl (C=O) groups is 1. The number of ether oxygens (including phenoxy) is 1. The molecule has 1 aliphatic heterocycles. The van der Waals surface area contributed by atoms with E-state index in [-0.39, 0.29) is 34.8 Å². The molecule has 1 heterocycles. The van der Waals surface area contributed by atoms with Gasteiger partial charge >= 0.3 is 0 Å². The topological polar surface area (TPSA) is 55.6 Å². The summed E-state index contributed by atoms with van der Waals surface area (Å²) in [7, 11) is 0. The standard InChI is InChI=1S/C14H26N2O2/c1-9(15)10-8-16(6-7-18-10)12(17)11-13(2,3)14(11,4)5/h9-11H,6-8,15H2,1-5H3. The van der Waals surface area contributed by atoms with Crippen LogP contribution in [0.25, 0.3) is 0 Å². The smallest absolute Gasteiger partial charge is 0.226 e. The summed E-state index contributed by atoms with van der Waals surface area (Å²) in [6.45, 7) is 12.6. The first-order chi connectivity index (χ1) is 8.19. The summed E-state index contributed by atoms with van der Waals surface area (Å²) in [6, 6.07) is -0.0270. The number of carbonyl (C=O) groups excluding carboxylic acids is 1. The zero-order valence-corrected chi connectivity index (χ0v) is 12.2. The average molecular weight is 254 g/mol. The molecule has 1 amide bonds. The maximum absolute atomic E-state index is 12.6. The number of rotatable bonds is 2. The van der Waals surface area contributed by atoms with Crippen molar-refractivity contribution < 1.29 is 9.53 Å². The van der Waals surface area contributed by atoms with Crippen LogP contribution in [0.5, 0.6) is 0 Å². The van der Waals surface area contributed by atoms with Crippen LogP contribution in [0.4, 0.5) is 0 Å². The fourth-order valence-corrected chi connectivity index (χ4v) is 3.19. The highest BCUT2D eigenvalue weighted by Gasteiger charge is 2.68. The molecular formula is C14H26N2O2. The van der Waals surface area contributed by atoms with Crippen molar-refractivity contribution in [1.82, 2.24) is 4.90 Å². The van der Waals surface area contributed by atoms with Crippen molar-refractivity contribution in [2.24, 2.45) is 22.5 Å². The Bertz CT molecular complexity index is 336. The summed E-state index contributed by atoms with van der Waals surface area (Å²) >= 11 is 0. The zero-order chi connectivity index (χ0) is 13.7. The molecule has 0 spiro atoms. The van der Waals surface area contributed by atoms with Crippen molar-refractivity contribution >= 4 is 5.91 Å². The second kappa shape index (κ2) is 4.20. The van der Waals surface area contributed by atoms with Crippen molar-refractivity contribution in [3.63, 3.8) is 0 Å². The van der Waals surface area contributed by atoms with Gasteiger partial charge < -0.3 is 15.4 Å². The molecule has 1 saturated heterocycles. The van der Waals surface area contributed by atoms with Gasteiger partial charge in [-0.05, 0) is 17.8 Å². The van der Waals surface area contributed by atoms with Crippen molar-refractivity contribution in [2.45, 2.75) is 46.8 Å². The van der Waals surface area contributed by atoms with E-state index in [0.29, 0.717) is 19.7 Å². The number of hydrogen-bond acceptors (Lipinski definition) is 3. The van der Waals surface area contributed by atoms with Crippen molar-refractivity contribution in [1.29, 1.82) is 0 Å². The van der Waals surface area contributed by atoms with E-state index in [1.807, 2.05) is 11.8 Å². The molecule has 1 aliphatic carbocycles. The lowest BCUT2D eigenvalue weighted by molar-refractivity contribution is -0.142. The Labute approximate surface area is 110 Å². The van der Waals surface area contributed by atoms with Crippen LogP contribution >= 0.6 is 0 Å². The first kappa shape index (κ1) is 13.8. The summed E-state index contributed by atoms with van der Waals surface area (Å²) in [6.07, 6.45) is -0.0207. The molecule has 18 heavy (non-hydrogen) atoms. The molecule has 0 bridgehead atoms. The SMILES string of the molecule is CC(N)C1CN(C(=O)C2C(C)(C)C2(C)C)CCO1. The number of hydrogen-bond donors (Lipinski definition) is 1. The highest BCUT2D eigenvalue weighted by molar-refractivity contribution is 5.84. The van der Waals surface area contributed by atoms with Crippen LogP contribution in [0.15, 0.2) is 0 Å². The summed E-state index contributed by atoms with van der Waals surface area (Å²) in [5.74, 6) is 0.413. The van der Waals surface area contributed by atoms with E-state index in [0.717, 1.165) is 0 Å². The number of nitrogens with two attached hydrogens (primary N) is 1. The zero-order valence-electron chi connectivity index (χ0n) is 12.2. The number of nitrogens with zero attached hydrogens (tertiary/aromatic N) is 1. The third-order valence-corrected chi connectivity index (χ3v) is 5.26. The first-order valence-corrected chi connectivity index (χ1v) is 6.85. The molecule has 0 aromatic heterocycles. The molecule has 0 aromatic rings. The minimum Gasteiger partial charge on any atom is -0.373 e. The highest BCUT2D eigenvalue weighted by atomic mass is 16.5. The molecule has 4 heteroatoms. The van der Waals surface area contributed by atoms with Gasteiger partial charge in [-0.15, -0.1) is 0 Å². The van der Waals surface area contributed by atoms with Crippen molar-refractivity contribution in [3.05, 3.63) is 0 Å². The van der Waals surface area contributed by atoms with Gasteiger partial charge in [-0.1, -0.05) is 27.7 Å². The maximum Gasteiger partial charge on any atom is 0.226 e. The van der Waals surface area contributed by atoms with Crippen LogP contribution in [0.1, 0.15) is 34.6 Å². The van der Waals surface area contributed by atoms with Crippen molar-refractivity contribution in [3.8, 4) is 0 Å². The summed E-state index contributed by atoms with van der Waals surface area (Å²) < 4.78 is 5.60.